The van der Waals surface area contributed by atoms with Gasteiger partial charge in [0.1, 0.15) is 0 Å². The Labute approximate surface area is 140 Å². The summed E-state index contributed by atoms with van der Waals surface area (Å²) in [6, 6.07) is 12.5. The molecule has 0 aliphatic rings. The molecule has 0 aliphatic heterocycles. The number of aromatic nitrogens is 1. The van der Waals surface area contributed by atoms with Crippen molar-refractivity contribution in [3.05, 3.63) is 47.5 Å². The van der Waals surface area contributed by atoms with Crippen molar-refractivity contribution in [3.8, 4) is 0 Å². The molecule has 0 bridgehead atoms. The van der Waals surface area contributed by atoms with Crippen LogP contribution in [-0.4, -0.2) is 26.4 Å². The maximum atomic E-state index is 9.06. The minimum atomic E-state index is 0.307. The zero-order valence-corrected chi connectivity index (χ0v) is 14.3. The van der Waals surface area contributed by atoms with Crippen molar-refractivity contribution in [1.29, 1.82) is 0 Å². The molecule has 0 atom stereocenters. The Kier molecular flexibility index (Phi) is 4.01. The van der Waals surface area contributed by atoms with Gasteiger partial charge in [-0.15, -0.1) is 0 Å². The van der Waals surface area contributed by atoms with Crippen LogP contribution >= 0.6 is 0 Å². The number of oxime groups is 2. The quantitative estimate of drug-likeness (QED) is 0.414. The summed E-state index contributed by atoms with van der Waals surface area (Å²) in [6.07, 6.45) is 0. The summed E-state index contributed by atoms with van der Waals surface area (Å²) >= 11 is 0. The van der Waals surface area contributed by atoms with Gasteiger partial charge in [-0.1, -0.05) is 22.4 Å². The number of hydrogen-bond acceptors (Lipinski definition) is 4. The van der Waals surface area contributed by atoms with Crippen LogP contribution in [0.5, 0.6) is 0 Å². The molecule has 1 aromatic heterocycles. The molecule has 0 saturated heterocycles. The van der Waals surface area contributed by atoms with Gasteiger partial charge in [0.15, 0.2) is 0 Å². The minimum absolute atomic E-state index is 0.307. The Hall–Kier alpha value is -2.82. The van der Waals surface area contributed by atoms with Crippen LogP contribution in [0.4, 0.5) is 0 Å². The third kappa shape index (κ3) is 2.42. The number of fused-ring (bicyclic) bond motifs is 3. The molecule has 2 aromatic carbocycles. The molecule has 2 N–H and O–H groups in total. The summed E-state index contributed by atoms with van der Waals surface area (Å²) < 4.78 is 2.29. The molecule has 5 heteroatoms. The minimum Gasteiger partial charge on any atom is -0.411 e. The van der Waals surface area contributed by atoms with Crippen LogP contribution in [0.2, 0.25) is 0 Å². The fourth-order valence-corrected chi connectivity index (χ4v) is 3.18. The summed E-state index contributed by atoms with van der Waals surface area (Å²) in [7, 11) is 0. The molecule has 124 valence electrons. The van der Waals surface area contributed by atoms with Gasteiger partial charge in [-0.2, -0.15) is 0 Å². The number of hydrogen-bond donors (Lipinski definition) is 2. The maximum Gasteiger partial charge on any atom is 0.0837 e. The molecule has 3 rings (SSSR count). The fraction of sp³-hybridized carbons (Fsp3) is 0.263. The smallest absolute Gasteiger partial charge is 0.0837 e. The molecule has 0 amide bonds. The van der Waals surface area contributed by atoms with Crippen LogP contribution in [0.3, 0.4) is 0 Å². The van der Waals surface area contributed by atoms with Gasteiger partial charge in [0.05, 0.1) is 11.4 Å². The van der Waals surface area contributed by atoms with E-state index in [1.165, 1.54) is 0 Å². The third-order valence-corrected chi connectivity index (χ3v) is 4.45. The summed E-state index contributed by atoms with van der Waals surface area (Å²) in [6.45, 7) is 7.86. The molecular formula is C19H21N3O2. The predicted octanol–water partition coefficient (Wildman–Crippen LogP) is 4.77. The lowest BCUT2D eigenvalue weighted by Crippen LogP contribution is -2.01. The first-order valence-corrected chi connectivity index (χ1v) is 7.93. The van der Waals surface area contributed by atoms with Crippen molar-refractivity contribution in [3.63, 3.8) is 0 Å². The van der Waals surface area contributed by atoms with Crippen LogP contribution in [0.1, 0.15) is 44.9 Å². The average molecular weight is 323 g/mol. The summed E-state index contributed by atoms with van der Waals surface area (Å²) in [5.74, 6) is 0. The van der Waals surface area contributed by atoms with Crippen LogP contribution in [-0.2, 0) is 0 Å². The Morgan fingerprint density at radius 2 is 1.25 bits per heavy atom. The fourth-order valence-electron chi connectivity index (χ4n) is 3.18. The SMILES string of the molecule is C/C(=N/O)c1ccc2c(c1)c1cc(/C(C)=N\O)ccc1n2C(C)C. The molecule has 0 fully saturated rings. The highest BCUT2D eigenvalue weighted by Crippen LogP contribution is 2.33. The molecule has 5 nitrogen and oxygen atoms in total. The second-order valence-corrected chi connectivity index (χ2v) is 6.30. The van der Waals surface area contributed by atoms with Gasteiger partial charge in [-0.05, 0) is 63.1 Å². The largest absolute Gasteiger partial charge is 0.411 e. The molecule has 3 aromatic rings. The van der Waals surface area contributed by atoms with E-state index in [9.17, 15) is 0 Å². The van der Waals surface area contributed by atoms with Crippen LogP contribution in [0.15, 0.2) is 46.7 Å². The summed E-state index contributed by atoms with van der Waals surface area (Å²) in [5, 5.41) is 26.9. The molecule has 0 radical (unpaired) electrons. The van der Waals surface area contributed by atoms with Crippen molar-refractivity contribution < 1.29 is 10.4 Å². The second kappa shape index (κ2) is 6.00. The van der Waals surface area contributed by atoms with E-state index in [-0.39, 0.29) is 0 Å². The van der Waals surface area contributed by atoms with Gasteiger partial charge >= 0.3 is 0 Å². The van der Waals surface area contributed by atoms with E-state index in [1.54, 1.807) is 13.8 Å². The molecule has 0 spiro atoms. The van der Waals surface area contributed by atoms with E-state index in [2.05, 4.69) is 40.9 Å². The molecule has 0 unspecified atom stereocenters. The normalized spacial score (nSPS) is 13.4. The van der Waals surface area contributed by atoms with E-state index in [0.717, 1.165) is 32.9 Å². The molecule has 0 saturated carbocycles. The topological polar surface area (TPSA) is 70.1 Å². The monoisotopic (exact) mass is 323 g/mol. The first-order chi connectivity index (χ1) is 11.5. The van der Waals surface area contributed by atoms with Gasteiger partial charge < -0.3 is 15.0 Å². The second-order valence-electron chi connectivity index (χ2n) is 6.30. The van der Waals surface area contributed by atoms with E-state index >= 15 is 0 Å². The van der Waals surface area contributed by atoms with E-state index in [4.69, 9.17) is 10.4 Å². The first-order valence-electron chi connectivity index (χ1n) is 7.93. The van der Waals surface area contributed by atoms with E-state index < -0.39 is 0 Å². The maximum absolute atomic E-state index is 9.06. The molecular weight excluding hydrogens is 302 g/mol. The molecule has 1 heterocycles. The average Bonchev–Trinajstić information content (AvgIpc) is 2.93. The van der Waals surface area contributed by atoms with Crippen molar-refractivity contribution in [1.82, 2.24) is 4.57 Å². The summed E-state index contributed by atoms with van der Waals surface area (Å²) in [4.78, 5) is 0. The van der Waals surface area contributed by atoms with Gasteiger partial charge in [0, 0.05) is 27.8 Å². The van der Waals surface area contributed by atoms with E-state index in [0.29, 0.717) is 17.5 Å². The van der Waals surface area contributed by atoms with Crippen molar-refractivity contribution in [2.75, 3.05) is 0 Å². The predicted molar refractivity (Wildman–Crippen MR) is 97.8 cm³/mol. The van der Waals surface area contributed by atoms with Crippen LogP contribution < -0.4 is 0 Å². The lowest BCUT2D eigenvalue weighted by Gasteiger charge is -2.11. The van der Waals surface area contributed by atoms with Gasteiger partial charge in [0.2, 0.25) is 0 Å². The number of nitrogens with zero attached hydrogens (tertiary/aromatic N) is 3. The summed E-state index contributed by atoms with van der Waals surface area (Å²) in [5.41, 5.74) is 5.17. The standard InChI is InChI=1S/C19H21N3O2/c1-11(2)22-18-7-5-14(12(3)20-23)9-16(18)17-10-15(13(4)21-24)6-8-19(17)22/h5-11,23-24H,1-4H3/b20-12-,21-13-. The Bertz CT molecular complexity index is 906. The van der Waals surface area contributed by atoms with Gasteiger partial charge in [-0.3, -0.25) is 0 Å². The zero-order chi connectivity index (χ0) is 17.4. The first kappa shape index (κ1) is 16.1. The molecule has 24 heavy (non-hydrogen) atoms. The van der Waals surface area contributed by atoms with Crippen LogP contribution in [0, 0.1) is 0 Å². The lowest BCUT2D eigenvalue weighted by atomic mass is 10.0. The molecule has 0 aliphatic carbocycles. The van der Waals surface area contributed by atoms with Gasteiger partial charge in [-0.25, -0.2) is 0 Å². The lowest BCUT2D eigenvalue weighted by molar-refractivity contribution is 0.319. The zero-order valence-electron chi connectivity index (χ0n) is 14.3. The third-order valence-electron chi connectivity index (χ3n) is 4.45. The Morgan fingerprint density at radius 1 is 0.833 bits per heavy atom. The van der Waals surface area contributed by atoms with Crippen molar-refractivity contribution >= 4 is 33.2 Å². The van der Waals surface area contributed by atoms with Crippen molar-refractivity contribution in [2.24, 2.45) is 10.3 Å². The Morgan fingerprint density at radius 3 is 1.58 bits per heavy atom. The number of benzene rings is 2. The van der Waals surface area contributed by atoms with Crippen LogP contribution in [0.25, 0.3) is 21.8 Å². The van der Waals surface area contributed by atoms with Crippen molar-refractivity contribution in [2.45, 2.75) is 33.7 Å². The van der Waals surface area contributed by atoms with E-state index in [1.807, 2.05) is 24.3 Å². The highest BCUT2D eigenvalue weighted by atomic mass is 16.4. The van der Waals surface area contributed by atoms with Gasteiger partial charge in [0.25, 0.3) is 0 Å². The Balaban J connectivity index is 2.42. The highest BCUT2D eigenvalue weighted by molar-refractivity contribution is 6.13. The highest BCUT2D eigenvalue weighted by Gasteiger charge is 2.15. The number of rotatable bonds is 3.